The number of benzene rings is 1. The average molecular weight is 238 g/mol. The highest BCUT2D eigenvalue weighted by molar-refractivity contribution is 5.80. The third-order valence-electron chi connectivity index (χ3n) is 1.88. The number of rotatable bonds is 3. The first kappa shape index (κ1) is 12.8. The van der Waals surface area contributed by atoms with E-state index < -0.39 is 12.0 Å². The lowest BCUT2D eigenvalue weighted by molar-refractivity contribution is -0.123. The summed E-state index contributed by atoms with van der Waals surface area (Å²) in [5, 5.41) is 0. The van der Waals surface area contributed by atoms with E-state index in [0.29, 0.717) is 5.75 Å². The van der Waals surface area contributed by atoms with Crippen LogP contribution in [0.25, 0.3) is 0 Å². The Morgan fingerprint density at radius 1 is 1.18 bits per heavy atom. The molecule has 0 bridgehead atoms. The van der Waals surface area contributed by atoms with Gasteiger partial charge in [-0.1, -0.05) is 17.7 Å². The molecule has 6 nitrogen and oxygen atoms in total. The van der Waals surface area contributed by atoms with E-state index in [1.54, 1.807) is 12.1 Å². The number of methoxy groups -OCH3 is 1. The van der Waals surface area contributed by atoms with Gasteiger partial charge >= 0.3 is 6.09 Å². The summed E-state index contributed by atoms with van der Waals surface area (Å²) in [5.74, 6) is 0.111. The van der Waals surface area contributed by atoms with Crippen molar-refractivity contribution in [3.63, 3.8) is 0 Å². The zero-order valence-corrected chi connectivity index (χ0v) is 9.65. The van der Waals surface area contributed by atoms with Crippen LogP contribution in [0.3, 0.4) is 0 Å². The minimum Gasteiger partial charge on any atom is -0.484 e. The van der Waals surface area contributed by atoms with Gasteiger partial charge in [-0.25, -0.2) is 10.2 Å². The summed E-state index contributed by atoms with van der Waals surface area (Å²) in [5.41, 5.74) is 5.27. The Kier molecular flexibility index (Phi) is 4.80. The SMILES string of the molecule is COC(=O)NNC(=O)COc1ccc(C)cc1. The lowest BCUT2D eigenvalue weighted by Crippen LogP contribution is -2.43. The fraction of sp³-hybridized carbons (Fsp3) is 0.273. The van der Waals surface area contributed by atoms with Crippen LogP contribution < -0.4 is 15.6 Å². The molecule has 0 spiro atoms. The Morgan fingerprint density at radius 3 is 2.41 bits per heavy atom. The Hall–Kier alpha value is -2.24. The number of hydrazine groups is 1. The summed E-state index contributed by atoms with van der Waals surface area (Å²) in [4.78, 5) is 21.8. The van der Waals surface area contributed by atoms with Crippen molar-refractivity contribution in [3.05, 3.63) is 29.8 Å². The standard InChI is InChI=1S/C11H14N2O4/c1-8-3-5-9(6-4-8)17-7-10(14)12-13-11(15)16-2/h3-6H,7H2,1-2H3,(H,12,14)(H,13,15). The molecule has 0 heterocycles. The van der Waals surface area contributed by atoms with Crippen molar-refractivity contribution in [1.82, 2.24) is 10.9 Å². The van der Waals surface area contributed by atoms with Gasteiger partial charge in [-0.3, -0.25) is 10.2 Å². The molecule has 92 valence electrons. The number of carbonyl (C=O) groups is 2. The maximum atomic E-state index is 11.2. The number of hydrogen-bond acceptors (Lipinski definition) is 4. The number of amides is 2. The molecular formula is C11H14N2O4. The lowest BCUT2D eigenvalue weighted by Gasteiger charge is -2.07. The van der Waals surface area contributed by atoms with E-state index in [0.717, 1.165) is 5.56 Å². The largest absolute Gasteiger partial charge is 0.484 e. The number of carbonyl (C=O) groups excluding carboxylic acids is 2. The molecule has 0 saturated heterocycles. The summed E-state index contributed by atoms with van der Waals surface area (Å²) in [7, 11) is 1.20. The Balaban J connectivity index is 2.28. The second-order valence-electron chi connectivity index (χ2n) is 3.27. The molecule has 0 aromatic heterocycles. The second-order valence-corrected chi connectivity index (χ2v) is 3.27. The maximum Gasteiger partial charge on any atom is 0.425 e. The molecule has 0 aliphatic rings. The number of nitrogens with one attached hydrogen (secondary N) is 2. The van der Waals surface area contributed by atoms with Crippen LogP contribution in [-0.2, 0) is 9.53 Å². The number of hydrogen-bond donors (Lipinski definition) is 2. The third-order valence-corrected chi connectivity index (χ3v) is 1.88. The molecule has 6 heteroatoms. The lowest BCUT2D eigenvalue weighted by atomic mass is 10.2. The van der Waals surface area contributed by atoms with E-state index in [1.165, 1.54) is 7.11 Å². The highest BCUT2D eigenvalue weighted by atomic mass is 16.5. The van der Waals surface area contributed by atoms with E-state index in [-0.39, 0.29) is 6.61 Å². The van der Waals surface area contributed by atoms with Crippen LogP contribution in [0.2, 0.25) is 0 Å². The number of ether oxygens (including phenoxy) is 2. The van der Waals surface area contributed by atoms with Gasteiger partial charge in [0.1, 0.15) is 5.75 Å². The van der Waals surface area contributed by atoms with E-state index in [2.05, 4.69) is 10.2 Å². The minimum atomic E-state index is -0.742. The number of aryl methyl sites for hydroxylation is 1. The average Bonchev–Trinajstić information content (AvgIpc) is 2.35. The molecule has 1 aromatic rings. The Morgan fingerprint density at radius 2 is 1.82 bits per heavy atom. The molecule has 0 radical (unpaired) electrons. The normalized spacial score (nSPS) is 9.29. The zero-order chi connectivity index (χ0) is 12.7. The molecule has 2 amide bonds. The molecule has 0 aliphatic carbocycles. The van der Waals surface area contributed by atoms with Gasteiger partial charge in [-0.2, -0.15) is 0 Å². The van der Waals surface area contributed by atoms with Crippen molar-refractivity contribution < 1.29 is 19.1 Å². The molecule has 1 aromatic carbocycles. The first-order chi connectivity index (χ1) is 8.11. The van der Waals surface area contributed by atoms with Gasteiger partial charge in [-0.15, -0.1) is 0 Å². The van der Waals surface area contributed by atoms with Gasteiger partial charge in [0.05, 0.1) is 7.11 Å². The predicted octanol–water partition coefficient (Wildman–Crippen LogP) is 0.761. The first-order valence-electron chi connectivity index (χ1n) is 4.94. The molecule has 2 N–H and O–H groups in total. The van der Waals surface area contributed by atoms with E-state index in [4.69, 9.17) is 4.74 Å². The summed E-state index contributed by atoms with van der Waals surface area (Å²) >= 11 is 0. The Bertz CT molecular complexity index is 389. The second kappa shape index (κ2) is 6.37. The van der Waals surface area contributed by atoms with Gasteiger partial charge in [0.2, 0.25) is 0 Å². The van der Waals surface area contributed by atoms with Crippen LogP contribution in [0.15, 0.2) is 24.3 Å². The molecule has 0 aliphatic heterocycles. The Labute approximate surface area is 98.9 Å². The fourth-order valence-corrected chi connectivity index (χ4v) is 0.991. The molecule has 1 rings (SSSR count). The fourth-order valence-electron chi connectivity index (χ4n) is 0.991. The molecule has 0 unspecified atom stereocenters. The van der Waals surface area contributed by atoms with Crippen LogP contribution >= 0.6 is 0 Å². The van der Waals surface area contributed by atoms with Crippen LogP contribution in [0.4, 0.5) is 4.79 Å². The van der Waals surface area contributed by atoms with Gasteiger partial charge < -0.3 is 9.47 Å². The quantitative estimate of drug-likeness (QED) is 0.762. The van der Waals surface area contributed by atoms with Crippen molar-refractivity contribution in [2.75, 3.05) is 13.7 Å². The highest BCUT2D eigenvalue weighted by Gasteiger charge is 2.04. The van der Waals surface area contributed by atoms with Crippen molar-refractivity contribution in [2.45, 2.75) is 6.92 Å². The predicted molar refractivity (Wildman–Crippen MR) is 60.4 cm³/mol. The maximum absolute atomic E-state index is 11.2. The molecule has 17 heavy (non-hydrogen) atoms. The van der Waals surface area contributed by atoms with Crippen molar-refractivity contribution in [1.29, 1.82) is 0 Å². The van der Waals surface area contributed by atoms with Gasteiger partial charge in [-0.05, 0) is 19.1 Å². The van der Waals surface area contributed by atoms with Crippen molar-refractivity contribution in [3.8, 4) is 5.75 Å². The van der Waals surface area contributed by atoms with E-state index in [1.807, 2.05) is 24.5 Å². The van der Waals surface area contributed by atoms with Crippen molar-refractivity contribution >= 4 is 12.0 Å². The van der Waals surface area contributed by atoms with Gasteiger partial charge in [0, 0.05) is 0 Å². The van der Waals surface area contributed by atoms with Crippen LogP contribution in [0, 0.1) is 6.92 Å². The summed E-state index contributed by atoms with van der Waals surface area (Å²) in [6, 6.07) is 7.27. The zero-order valence-electron chi connectivity index (χ0n) is 9.65. The van der Waals surface area contributed by atoms with Crippen molar-refractivity contribution in [2.24, 2.45) is 0 Å². The van der Waals surface area contributed by atoms with E-state index in [9.17, 15) is 9.59 Å². The third kappa shape index (κ3) is 4.87. The monoisotopic (exact) mass is 238 g/mol. The summed E-state index contributed by atoms with van der Waals surface area (Å²) < 4.78 is 9.46. The van der Waals surface area contributed by atoms with Crippen LogP contribution in [0.1, 0.15) is 5.56 Å². The molecular weight excluding hydrogens is 224 g/mol. The van der Waals surface area contributed by atoms with Crippen LogP contribution in [0.5, 0.6) is 5.75 Å². The molecule has 0 fully saturated rings. The molecule has 0 saturated carbocycles. The minimum absolute atomic E-state index is 0.187. The summed E-state index contributed by atoms with van der Waals surface area (Å²) in [6.45, 7) is 1.77. The van der Waals surface area contributed by atoms with Gasteiger partial charge in [0.25, 0.3) is 5.91 Å². The molecule has 0 atom stereocenters. The summed E-state index contributed by atoms with van der Waals surface area (Å²) in [6.07, 6.45) is -0.742. The topological polar surface area (TPSA) is 76.7 Å². The first-order valence-corrected chi connectivity index (χ1v) is 4.94. The van der Waals surface area contributed by atoms with Crippen LogP contribution in [-0.4, -0.2) is 25.7 Å². The van der Waals surface area contributed by atoms with Gasteiger partial charge in [0.15, 0.2) is 6.61 Å². The highest BCUT2D eigenvalue weighted by Crippen LogP contribution is 2.10. The van der Waals surface area contributed by atoms with E-state index >= 15 is 0 Å². The smallest absolute Gasteiger partial charge is 0.425 e.